The van der Waals surface area contributed by atoms with Gasteiger partial charge in [-0.1, -0.05) is 0 Å². The molecule has 0 radical (unpaired) electrons. The van der Waals surface area contributed by atoms with Gasteiger partial charge in [-0.3, -0.25) is 4.90 Å². The molecule has 5 nitrogen and oxygen atoms in total. The van der Waals surface area contributed by atoms with Crippen molar-refractivity contribution in [2.24, 2.45) is 5.92 Å². The zero-order valence-corrected chi connectivity index (χ0v) is 19.1. The third-order valence-electron chi connectivity index (χ3n) is 9.54. The molecule has 0 aromatic heterocycles. The number of amides is 1. The maximum atomic E-state index is 12.9. The maximum Gasteiger partial charge on any atom is 0.414 e. The second-order valence-electron chi connectivity index (χ2n) is 9.76. The standard InChI is InChI=1S/C22H29N2O3.HI/c1-24-11-4-7-20(24)8-9-22-18(14-20)21(22,10-12-24)16-13-15(26-2)5-6-17(16)23(22)19(25)27-3;/h5-6,13,18H,4,7-12,14H2,1-3H3;1H/q+1;/p-1/t18-,20+,21-,22+,24-;/m0./s1. The Bertz CT molecular complexity index is 877. The van der Waals surface area contributed by atoms with E-state index < -0.39 is 0 Å². The van der Waals surface area contributed by atoms with Crippen molar-refractivity contribution in [3.05, 3.63) is 23.8 Å². The fourth-order valence-electron chi connectivity index (χ4n) is 8.25. The van der Waals surface area contributed by atoms with Gasteiger partial charge in [0.25, 0.3) is 0 Å². The Labute approximate surface area is 184 Å². The van der Waals surface area contributed by atoms with Gasteiger partial charge < -0.3 is 37.9 Å². The average Bonchev–Trinajstić information content (AvgIpc) is 3.06. The van der Waals surface area contributed by atoms with E-state index >= 15 is 0 Å². The van der Waals surface area contributed by atoms with E-state index in [-0.39, 0.29) is 41.0 Å². The van der Waals surface area contributed by atoms with Gasteiger partial charge in [0.05, 0.1) is 51.1 Å². The number of nitrogens with zero attached hydrogens (tertiary/aromatic N) is 2. The first-order chi connectivity index (χ1) is 13.0. The lowest BCUT2D eigenvalue weighted by molar-refractivity contribution is -0.948. The summed E-state index contributed by atoms with van der Waals surface area (Å²) < 4.78 is 12.1. The molecule has 1 aromatic rings. The largest absolute Gasteiger partial charge is 1.00 e. The van der Waals surface area contributed by atoms with Crippen LogP contribution in [0.15, 0.2) is 18.2 Å². The van der Waals surface area contributed by atoms with Crippen LogP contribution in [0.1, 0.15) is 44.1 Å². The van der Waals surface area contributed by atoms with Gasteiger partial charge in [-0.05, 0) is 30.2 Å². The minimum atomic E-state index is -0.189. The zero-order chi connectivity index (χ0) is 18.7. The first-order valence-corrected chi connectivity index (χ1v) is 10.4. The predicted molar refractivity (Wildman–Crippen MR) is 102 cm³/mol. The summed E-state index contributed by atoms with van der Waals surface area (Å²) in [5, 5.41) is 0. The highest BCUT2D eigenvalue weighted by Gasteiger charge is 2.88. The Kier molecular flexibility index (Phi) is 3.77. The van der Waals surface area contributed by atoms with Crippen LogP contribution in [0.4, 0.5) is 10.5 Å². The van der Waals surface area contributed by atoms with E-state index in [2.05, 4.69) is 19.2 Å². The Morgan fingerprint density at radius 2 is 2.00 bits per heavy atom. The molecule has 2 aliphatic carbocycles. The number of hydrogen-bond acceptors (Lipinski definition) is 3. The quantitative estimate of drug-likeness (QED) is 0.419. The first kappa shape index (κ1) is 19.0. The lowest BCUT2D eigenvalue weighted by Crippen LogP contribution is -3.00. The summed E-state index contributed by atoms with van der Waals surface area (Å²) in [6.07, 6.45) is 7.30. The van der Waals surface area contributed by atoms with E-state index in [1.165, 1.54) is 62.3 Å². The highest BCUT2D eigenvalue weighted by atomic mass is 127. The SMILES string of the molecule is COC(=O)N1c2ccc(OC)cc2[C@]23CC[N@+]4(C)CCC[C@]45CC[C@]12[C@H]3C5.[I-]. The van der Waals surface area contributed by atoms with E-state index in [0.717, 1.165) is 17.9 Å². The number of anilines is 1. The number of fused-ring (bicyclic) bond motifs is 1. The van der Waals surface area contributed by atoms with E-state index in [1.54, 1.807) is 7.11 Å². The van der Waals surface area contributed by atoms with Crippen LogP contribution in [-0.4, -0.2) is 56.0 Å². The van der Waals surface area contributed by atoms with Gasteiger partial charge >= 0.3 is 6.09 Å². The number of benzene rings is 1. The van der Waals surface area contributed by atoms with Crippen molar-refractivity contribution in [2.75, 3.05) is 39.3 Å². The molecule has 6 rings (SSSR count). The van der Waals surface area contributed by atoms with Crippen LogP contribution in [0.2, 0.25) is 0 Å². The van der Waals surface area contributed by atoms with Crippen LogP contribution in [0, 0.1) is 5.92 Å². The zero-order valence-electron chi connectivity index (χ0n) is 17.0. The molecule has 1 amide bonds. The number of carbonyl (C=O) groups excluding carboxylic acids is 1. The molecule has 2 saturated carbocycles. The summed E-state index contributed by atoms with van der Waals surface area (Å²) in [5.41, 5.74) is 2.86. The second kappa shape index (κ2) is 5.56. The molecule has 0 unspecified atom stereocenters. The Morgan fingerprint density at radius 1 is 1.18 bits per heavy atom. The lowest BCUT2D eigenvalue weighted by atomic mass is 9.76. The van der Waals surface area contributed by atoms with Crippen molar-refractivity contribution in [1.29, 1.82) is 0 Å². The van der Waals surface area contributed by atoms with Crippen LogP contribution in [0.25, 0.3) is 0 Å². The Morgan fingerprint density at radius 3 is 2.75 bits per heavy atom. The van der Waals surface area contributed by atoms with Gasteiger partial charge in [0, 0.05) is 43.4 Å². The highest BCUT2D eigenvalue weighted by molar-refractivity contribution is 5.97. The van der Waals surface area contributed by atoms with Crippen LogP contribution in [0.3, 0.4) is 0 Å². The number of ether oxygens (including phenoxy) is 2. The van der Waals surface area contributed by atoms with Gasteiger partial charge in [0.1, 0.15) is 5.75 Å². The van der Waals surface area contributed by atoms with Crippen molar-refractivity contribution < 1.29 is 42.7 Å². The van der Waals surface area contributed by atoms with Gasteiger partial charge in [0.2, 0.25) is 0 Å². The smallest absolute Gasteiger partial charge is 0.414 e. The topological polar surface area (TPSA) is 38.8 Å². The third-order valence-corrected chi connectivity index (χ3v) is 9.54. The molecule has 28 heavy (non-hydrogen) atoms. The second-order valence-corrected chi connectivity index (χ2v) is 9.76. The third kappa shape index (κ3) is 1.74. The minimum absolute atomic E-state index is 0. The van der Waals surface area contributed by atoms with Gasteiger partial charge in [-0.2, -0.15) is 0 Å². The van der Waals surface area contributed by atoms with Crippen molar-refractivity contribution in [2.45, 2.75) is 55.0 Å². The summed E-state index contributed by atoms with van der Waals surface area (Å²) in [7, 11) is 5.74. The molecule has 4 fully saturated rings. The number of hydrogen-bond donors (Lipinski definition) is 0. The molecule has 5 aliphatic rings. The molecule has 3 spiro atoms. The van der Waals surface area contributed by atoms with Crippen LogP contribution in [0.5, 0.6) is 5.75 Å². The molecule has 1 aromatic carbocycles. The molecule has 3 heterocycles. The summed E-state index contributed by atoms with van der Waals surface area (Å²) >= 11 is 0. The van der Waals surface area contributed by atoms with E-state index in [4.69, 9.17) is 9.47 Å². The van der Waals surface area contributed by atoms with Gasteiger partial charge in [-0.15, -0.1) is 0 Å². The summed E-state index contributed by atoms with van der Waals surface area (Å²) in [6, 6.07) is 6.26. The van der Waals surface area contributed by atoms with Crippen molar-refractivity contribution in [1.82, 2.24) is 0 Å². The highest BCUT2D eigenvalue weighted by Crippen LogP contribution is 2.82. The fraction of sp³-hybridized carbons (Fsp3) is 0.682. The Hall–Kier alpha value is -1.02. The summed E-state index contributed by atoms with van der Waals surface area (Å²) in [6.45, 7) is 2.55. The van der Waals surface area contributed by atoms with E-state index in [1.807, 2.05) is 11.0 Å². The first-order valence-electron chi connectivity index (χ1n) is 10.4. The summed E-state index contributed by atoms with van der Waals surface area (Å²) in [5.74, 6) is 1.46. The number of halogens is 1. The van der Waals surface area contributed by atoms with Crippen molar-refractivity contribution in [3.63, 3.8) is 0 Å². The molecular formula is C22H29IN2O3. The number of quaternary nitrogens is 1. The Balaban J connectivity index is 0.00000171. The molecule has 6 heteroatoms. The van der Waals surface area contributed by atoms with Gasteiger partial charge in [-0.25, -0.2) is 4.79 Å². The monoisotopic (exact) mass is 496 g/mol. The maximum absolute atomic E-state index is 12.9. The van der Waals surface area contributed by atoms with E-state index in [9.17, 15) is 4.79 Å². The molecule has 5 atom stereocenters. The van der Waals surface area contributed by atoms with Crippen LogP contribution in [-0.2, 0) is 10.2 Å². The van der Waals surface area contributed by atoms with Crippen LogP contribution < -0.4 is 33.6 Å². The molecule has 2 saturated heterocycles. The molecule has 2 bridgehead atoms. The minimum Gasteiger partial charge on any atom is -1.00 e. The van der Waals surface area contributed by atoms with Crippen LogP contribution >= 0.6 is 0 Å². The van der Waals surface area contributed by atoms with Crippen molar-refractivity contribution in [3.8, 4) is 5.75 Å². The number of rotatable bonds is 1. The molecular weight excluding hydrogens is 467 g/mol. The van der Waals surface area contributed by atoms with Gasteiger partial charge in [0.15, 0.2) is 0 Å². The normalized spacial score (nSPS) is 43.8. The molecule has 0 N–H and O–H groups in total. The average molecular weight is 496 g/mol. The van der Waals surface area contributed by atoms with Crippen molar-refractivity contribution >= 4 is 11.8 Å². The predicted octanol–water partition coefficient (Wildman–Crippen LogP) is 0.459. The number of carbonyl (C=O) groups is 1. The molecule has 152 valence electrons. The lowest BCUT2D eigenvalue weighted by Gasteiger charge is -2.51. The van der Waals surface area contributed by atoms with E-state index in [0.29, 0.717) is 11.5 Å². The summed E-state index contributed by atoms with van der Waals surface area (Å²) in [4.78, 5) is 15.0. The number of methoxy groups -OCH3 is 2. The molecule has 3 aliphatic heterocycles. The fourth-order valence-corrected chi connectivity index (χ4v) is 8.25.